The first-order valence-electron chi connectivity index (χ1n) is 6.20. The minimum absolute atomic E-state index is 0.229. The smallest absolute Gasteiger partial charge is 0.409 e. The van der Waals surface area contributed by atoms with E-state index in [0.717, 1.165) is 4.90 Å². The van der Waals surface area contributed by atoms with Crippen LogP contribution in [0.2, 0.25) is 0 Å². The van der Waals surface area contributed by atoms with Crippen molar-refractivity contribution in [1.29, 1.82) is 0 Å². The van der Waals surface area contributed by atoms with Crippen molar-refractivity contribution < 1.29 is 23.9 Å². The summed E-state index contributed by atoms with van der Waals surface area (Å²) in [6.45, 7) is -0.229. The molecular formula is C14H18N2O5. The number of methoxy groups -OCH3 is 2. The van der Waals surface area contributed by atoms with Gasteiger partial charge in [-0.05, 0) is 5.56 Å². The van der Waals surface area contributed by atoms with Crippen molar-refractivity contribution in [3.8, 4) is 0 Å². The average molecular weight is 294 g/mol. The minimum Gasteiger partial charge on any atom is -0.467 e. The van der Waals surface area contributed by atoms with Gasteiger partial charge in [0.1, 0.15) is 6.54 Å². The molecule has 1 N–H and O–H groups in total. The maximum Gasteiger partial charge on any atom is 0.409 e. The van der Waals surface area contributed by atoms with Crippen molar-refractivity contribution >= 4 is 18.0 Å². The highest BCUT2D eigenvalue weighted by Crippen LogP contribution is 2.14. The van der Waals surface area contributed by atoms with E-state index >= 15 is 0 Å². The van der Waals surface area contributed by atoms with Gasteiger partial charge in [0.15, 0.2) is 6.04 Å². The summed E-state index contributed by atoms with van der Waals surface area (Å²) in [5.41, 5.74) is 0.596. The van der Waals surface area contributed by atoms with Crippen molar-refractivity contribution in [2.24, 2.45) is 0 Å². The van der Waals surface area contributed by atoms with E-state index in [1.807, 2.05) is 0 Å². The van der Waals surface area contributed by atoms with Crippen molar-refractivity contribution in [1.82, 2.24) is 10.2 Å². The summed E-state index contributed by atoms with van der Waals surface area (Å²) in [6, 6.07) is 7.77. The number of hydrogen-bond donors (Lipinski definition) is 1. The SMILES string of the molecule is COC(=O)[C@H](NC(=O)CN(C)C(=O)OC)c1ccccc1. The number of nitrogens with one attached hydrogen (secondary N) is 1. The van der Waals surface area contributed by atoms with Crippen LogP contribution in [0.1, 0.15) is 11.6 Å². The van der Waals surface area contributed by atoms with Crippen LogP contribution in [-0.2, 0) is 19.1 Å². The van der Waals surface area contributed by atoms with Crippen LogP contribution in [0.4, 0.5) is 4.79 Å². The zero-order valence-electron chi connectivity index (χ0n) is 12.2. The van der Waals surface area contributed by atoms with E-state index in [2.05, 4.69) is 14.8 Å². The fourth-order valence-electron chi connectivity index (χ4n) is 1.68. The fourth-order valence-corrected chi connectivity index (χ4v) is 1.68. The zero-order valence-corrected chi connectivity index (χ0v) is 12.2. The molecule has 114 valence electrons. The monoisotopic (exact) mass is 294 g/mol. The van der Waals surface area contributed by atoms with Crippen LogP contribution in [0.25, 0.3) is 0 Å². The molecule has 0 unspecified atom stereocenters. The molecule has 0 aliphatic heterocycles. The van der Waals surface area contributed by atoms with E-state index in [4.69, 9.17) is 0 Å². The molecule has 0 fully saturated rings. The van der Waals surface area contributed by atoms with E-state index in [-0.39, 0.29) is 6.54 Å². The Morgan fingerprint density at radius 1 is 1.14 bits per heavy atom. The minimum atomic E-state index is -0.922. The molecule has 2 amide bonds. The maximum absolute atomic E-state index is 11.9. The van der Waals surface area contributed by atoms with Gasteiger partial charge < -0.3 is 19.7 Å². The highest BCUT2D eigenvalue weighted by Gasteiger charge is 2.24. The van der Waals surface area contributed by atoms with Crippen LogP contribution in [-0.4, -0.2) is 50.7 Å². The van der Waals surface area contributed by atoms with E-state index in [0.29, 0.717) is 5.56 Å². The number of carbonyl (C=O) groups is 3. The molecule has 21 heavy (non-hydrogen) atoms. The lowest BCUT2D eigenvalue weighted by Gasteiger charge is -2.19. The number of rotatable bonds is 5. The molecule has 0 bridgehead atoms. The Kier molecular flexibility index (Phi) is 6.19. The summed E-state index contributed by atoms with van der Waals surface area (Å²) >= 11 is 0. The Balaban J connectivity index is 2.76. The number of esters is 1. The lowest BCUT2D eigenvalue weighted by atomic mass is 10.1. The van der Waals surface area contributed by atoms with E-state index in [9.17, 15) is 14.4 Å². The standard InChI is InChI=1S/C14H18N2O5/c1-16(14(19)21-3)9-11(17)15-12(13(18)20-2)10-7-5-4-6-8-10/h4-8,12H,9H2,1-3H3,(H,15,17)/t12-/m1/s1. The number of amides is 2. The number of carbonyl (C=O) groups excluding carboxylic acids is 3. The van der Waals surface area contributed by atoms with Crippen molar-refractivity contribution in [3.63, 3.8) is 0 Å². The van der Waals surface area contributed by atoms with Gasteiger partial charge >= 0.3 is 12.1 Å². The predicted octanol–water partition coefficient (Wildman–Crippen LogP) is 0.715. The molecular weight excluding hydrogens is 276 g/mol. The lowest BCUT2D eigenvalue weighted by molar-refractivity contribution is -0.145. The van der Waals surface area contributed by atoms with Crippen molar-refractivity contribution in [2.75, 3.05) is 27.8 Å². The lowest BCUT2D eigenvalue weighted by Crippen LogP contribution is -2.42. The number of ether oxygens (including phenoxy) is 2. The van der Waals surface area contributed by atoms with E-state index < -0.39 is 24.0 Å². The van der Waals surface area contributed by atoms with Crippen LogP contribution < -0.4 is 5.32 Å². The third-order valence-corrected chi connectivity index (χ3v) is 2.74. The Hall–Kier alpha value is -2.57. The van der Waals surface area contributed by atoms with Gasteiger partial charge in [-0.3, -0.25) is 4.79 Å². The molecule has 0 radical (unpaired) electrons. The number of likely N-dealkylation sites (N-methyl/N-ethyl adjacent to an activating group) is 1. The van der Waals surface area contributed by atoms with Gasteiger partial charge in [0.2, 0.25) is 5.91 Å². The fraction of sp³-hybridized carbons (Fsp3) is 0.357. The molecule has 7 nitrogen and oxygen atoms in total. The third-order valence-electron chi connectivity index (χ3n) is 2.74. The van der Waals surface area contributed by atoms with Crippen LogP contribution >= 0.6 is 0 Å². The van der Waals surface area contributed by atoms with Crippen molar-refractivity contribution in [3.05, 3.63) is 35.9 Å². The maximum atomic E-state index is 11.9. The number of nitrogens with zero attached hydrogens (tertiary/aromatic N) is 1. The van der Waals surface area contributed by atoms with Gasteiger partial charge in [0, 0.05) is 7.05 Å². The number of benzene rings is 1. The normalized spacial score (nSPS) is 11.2. The van der Waals surface area contributed by atoms with Crippen LogP contribution in [0.15, 0.2) is 30.3 Å². The summed E-state index contributed by atoms with van der Waals surface area (Å²) in [5, 5.41) is 2.53. The predicted molar refractivity (Wildman–Crippen MR) is 74.4 cm³/mol. The second kappa shape index (κ2) is 7.88. The highest BCUT2D eigenvalue weighted by atomic mass is 16.5. The van der Waals surface area contributed by atoms with Crippen LogP contribution in [0, 0.1) is 0 Å². The van der Waals surface area contributed by atoms with Gasteiger partial charge in [0.05, 0.1) is 14.2 Å². The summed E-state index contributed by atoms with van der Waals surface area (Å²) in [6.07, 6.45) is -0.639. The molecule has 0 heterocycles. The van der Waals surface area contributed by atoms with Crippen molar-refractivity contribution in [2.45, 2.75) is 6.04 Å². The summed E-state index contributed by atoms with van der Waals surface area (Å²) < 4.78 is 9.17. The average Bonchev–Trinajstić information content (AvgIpc) is 2.51. The van der Waals surface area contributed by atoms with E-state index in [1.54, 1.807) is 30.3 Å². The summed E-state index contributed by atoms with van der Waals surface area (Å²) in [5.74, 6) is -1.09. The summed E-state index contributed by atoms with van der Waals surface area (Å²) in [4.78, 5) is 36.0. The molecule has 1 rings (SSSR count). The largest absolute Gasteiger partial charge is 0.467 e. The van der Waals surface area contributed by atoms with E-state index in [1.165, 1.54) is 21.3 Å². The highest BCUT2D eigenvalue weighted by molar-refractivity contribution is 5.87. The van der Waals surface area contributed by atoms with Crippen LogP contribution in [0.3, 0.4) is 0 Å². The topological polar surface area (TPSA) is 84.9 Å². The van der Waals surface area contributed by atoms with Gasteiger partial charge in [-0.2, -0.15) is 0 Å². The molecule has 0 saturated carbocycles. The number of hydrogen-bond acceptors (Lipinski definition) is 5. The molecule has 0 aliphatic carbocycles. The van der Waals surface area contributed by atoms with Gasteiger partial charge in [-0.15, -0.1) is 0 Å². The second-order valence-corrected chi connectivity index (χ2v) is 4.26. The molecule has 1 aromatic carbocycles. The molecule has 1 atom stereocenters. The first-order chi connectivity index (χ1) is 9.99. The quantitative estimate of drug-likeness (QED) is 0.809. The Morgan fingerprint density at radius 2 is 1.76 bits per heavy atom. The first kappa shape index (κ1) is 16.5. The Morgan fingerprint density at radius 3 is 2.29 bits per heavy atom. The Bertz CT molecular complexity index is 503. The van der Waals surface area contributed by atoms with Gasteiger partial charge in [0.25, 0.3) is 0 Å². The second-order valence-electron chi connectivity index (χ2n) is 4.26. The molecule has 0 aromatic heterocycles. The molecule has 0 saturated heterocycles. The molecule has 1 aromatic rings. The van der Waals surface area contributed by atoms with Gasteiger partial charge in [-0.25, -0.2) is 9.59 Å². The Labute approximate surface area is 122 Å². The molecule has 7 heteroatoms. The van der Waals surface area contributed by atoms with Gasteiger partial charge in [-0.1, -0.05) is 30.3 Å². The first-order valence-corrected chi connectivity index (χ1v) is 6.20. The molecule has 0 spiro atoms. The molecule has 0 aliphatic rings. The zero-order chi connectivity index (χ0) is 15.8. The summed E-state index contributed by atoms with van der Waals surface area (Å²) in [7, 11) is 3.88. The van der Waals surface area contributed by atoms with Crippen LogP contribution in [0.5, 0.6) is 0 Å². The third kappa shape index (κ3) is 4.79.